The van der Waals surface area contributed by atoms with Gasteiger partial charge in [0, 0.05) is 0 Å². The predicted octanol–water partition coefficient (Wildman–Crippen LogP) is 1.82. The van der Waals surface area contributed by atoms with Crippen molar-refractivity contribution in [3.8, 4) is 22.3 Å². The van der Waals surface area contributed by atoms with E-state index in [0.29, 0.717) is 0 Å². The van der Waals surface area contributed by atoms with Crippen molar-refractivity contribution in [2.24, 2.45) is 0 Å². The molecule has 0 radical (unpaired) electrons. The van der Waals surface area contributed by atoms with Crippen molar-refractivity contribution in [1.29, 1.82) is 0 Å². The summed E-state index contributed by atoms with van der Waals surface area (Å²) < 4.78 is 0. The SMILES string of the molecule is [Li+].[c-]1cc(-c2ccccc2)cc(-c2ccccc2)c1. The first kappa shape index (κ1) is 13.7. The fourth-order valence-corrected chi connectivity index (χ4v) is 2.07. The number of hydrogen-bond donors (Lipinski definition) is 0. The van der Waals surface area contributed by atoms with Crippen molar-refractivity contribution >= 4 is 0 Å². The smallest absolute Gasteiger partial charge is 0.183 e. The van der Waals surface area contributed by atoms with Gasteiger partial charge in [-0.2, -0.15) is 24.3 Å². The van der Waals surface area contributed by atoms with Gasteiger partial charge in [0.05, 0.1) is 0 Å². The summed E-state index contributed by atoms with van der Waals surface area (Å²) in [6.07, 6.45) is 0. The van der Waals surface area contributed by atoms with Gasteiger partial charge in [-0.05, 0) is 0 Å². The molecule has 0 spiro atoms. The van der Waals surface area contributed by atoms with Gasteiger partial charge in [-0.1, -0.05) is 71.8 Å². The molecule has 0 aliphatic carbocycles. The van der Waals surface area contributed by atoms with Gasteiger partial charge in [0.25, 0.3) is 0 Å². The first-order chi connectivity index (χ1) is 8.93. The number of rotatable bonds is 2. The van der Waals surface area contributed by atoms with Crippen molar-refractivity contribution < 1.29 is 18.9 Å². The zero-order chi connectivity index (χ0) is 12.2. The largest absolute Gasteiger partial charge is 1.00 e. The van der Waals surface area contributed by atoms with E-state index in [9.17, 15) is 0 Å². The molecule has 0 saturated heterocycles. The van der Waals surface area contributed by atoms with Crippen LogP contribution in [0.1, 0.15) is 0 Å². The second-order valence-corrected chi connectivity index (χ2v) is 4.24. The molecule has 1 heteroatoms. The summed E-state index contributed by atoms with van der Waals surface area (Å²) in [4.78, 5) is 0. The maximum absolute atomic E-state index is 3.23. The molecular formula is C18H13Li. The third kappa shape index (κ3) is 3.18. The van der Waals surface area contributed by atoms with Gasteiger partial charge in [-0.25, -0.2) is 0 Å². The molecule has 0 N–H and O–H groups in total. The predicted molar refractivity (Wildman–Crippen MR) is 76.2 cm³/mol. The molecule has 0 bridgehead atoms. The zero-order valence-electron chi connectivity index (χ0n) is 11.0. The van der Waals surface area contributed by atoms with Crippen LogP contribution in [0.5, 0.6) is 0 Å². The maximum Gasteiger partial charge on any atom is 1.00 e. The van der Waals surface area contributed by atoms with E-state index in [1.807, 2.05) is 24.3 Å². The van der Waals surface area contributed by atoms with E-state index in [1.54, 1.807) is 0 Å². The average Bonchev–Trinajstić information content (AvgIpc) is 2.49. The molecule has 0 heterocycles. The molecule has 0 aliphatic heterocycles. The Bertz CT molecular complexity index is 575. The number of benzene rings is 3. The molecule has 0 aliphatic rings. The van der Waals surface area contributed by atoms with Crippen LogP contribution in [-0.4, -0.2) is 0 Å². The third-order valence-corrected chi connectivity index (χ3v) is 3.00. The van der Waals surface area contributed by atoms with Gasteiger partial charge in [0.2, 0.25) is 0 Å². The van der Waals surface area contributed by atoms with E-state index in [2.05, 4.69) is 60.7 Å². The fourth-order valence-electron chi connectivity index (χ4n) is 2.07. The van der Waals surface area contributed by atoms with Gasteiger partial charge in [0.1, 0.15) is 0 Å². The first-order valence-electron chi connectivity index (χ1n) is 6.05. The molecule has 3 rings (SSSR count). The minimum Gasteiger partial charge on any atom is -0.183 e. The van der Waals surface area contributed by atoms with Crippen LogP contribution in [0.2, 0.25) is 0 Å². The van der Waals surface area contributed by atoms with Crippen molar-refractivity contribution in [2.75, 3.05) is 0 Å². The van der Waals surface area contributed by atoms with Gasteiger partial charge in [-0.15, -0.1) is 11.1 Å². The Hall–Kier alpha value is -1.74. The van der Waals surface area contributed by atoms with Crippen molar-refractivity contribution in [3.05, 3.63) is 84.9 Å². The minimum absolute atomic E-state index is 0. The Kier molecular flexibility index (Phi) is 4.63. The monoisotopic (exact) mass is 236 g/mol. The van der Waals surface area contributed by atoms with Gasteiger partial charge < -0.3 is 0 Å². The normalized spacial score (nSPS) is 9.68. The summed E-state index contributed by atoms with van der Waals surface area (Å²) in [5.74, 6) is 0. The molecule has 3 aromatic carbocycles. The summed E-state index contributed by atoms with van der Waals surface area (Å²) >= 11 is 0. The van der Waals surface area contributed by atoms with Crippen LogP contribution in [0.4, 0.5) is 0 Å². The Morgan fingerprint density at radius 2 is 0.947 bits per heavy atom. The zero-order valence-corrected chi connectivity index (χ0v) is 11.0. The van der Waals surface area contributed by atoms with E-state index in [1.165, 1.54) is 22.3 Å². The number of hydrogen-bond acceptors (Lipinski definition) is 0. The first-order valence-corrected chi connectivity index (χ1v) is 6.05. The summed E-state index contributed by atoms with van der Waals surface area (Å²) in [5.41, 5.74) is 4.87. The van der Waals surface area contributed by atoms with E-state index < -0.39 is 0 Å². The van der Waals surface area contributed by atoms with Gasteiger partial charge >= 0.3 is 18.9 Å². The molecule has 0 fully saturated rings. The topological polar surface area (TPSA) is 0 Å². The quantitative estimate of drug-likeness (QED) is 0.470. The van der Waals surface area contributed by atoms with Crippen LogP contribution in [-0.2, 0) is 0 Å². The Labute approximate surface area is 126 Å². The summed E-state index contributed by atoms with van der Waals surface area (Å²) in [7, 11) is 0. The van der Waals surface area contributed by atoms with Gasteiger partial charge in [0.15, 0.2) is 0 Å². The summed E-state index contributed by atoms with van der Waals surface area (Å²) in [6, 6.07) is 30.3. The molecular weight excluding hydrogens is 223 g/mol. The molecule has 0 nitrogen and oxygen atoms in total. The average molecular weight is 236 g/mol. The van der Waals surface area contributed by atoms with Crippen molar-refractivity contribution in [2.45, 2.75) is 0 Å². The summed E-state index contributed by atoms with van der Waals surface area (Å²) in [6.45, 7) is 0. The summed E-state index contributed by atoms with van der Waals surface area (Å²) in [5, 5.41) is 0. The molecule has 19 heavy (non-hydrogen) atoms. The maximum atomic E-state index is 3.23. The van der Waals surface area contributed by atoms with E-state index in [-0.39, 0.29) is 18.9 Å². The standard InChI is InChI=1S/C18H13.Li/c1-3-8-15(9-4-1)17-12-7-13-18(14-17)16-10-5-2-6-11-16;/h1-6,8-14H;/q-1;+1. The van der Waals surface area contributed by atoms with E-state index in [4.69, 9.17) is 0 Å². The molecule has 3 aromatic rings. The van der Waals surface area contributed by atoms with Crippen LogP contribution in [0.25, 0.3) is 22.3 Å². The fraction of sp³-hybridized carbons (Fsp3) is 0. The Balaban J connectivity index is 0.00000133. The second-order valence-electron chi connectivity index (χ2n) is 4.24. The molecule has 0 aromatic heterocycles. The second kappa shape index (κ2) is 6.43. The van der Waals surface area contributed by atoms with Gasteiger partial charge in [-0.3, -0.25) is 0 Å². The van der Waals surface area contributed by atoms with Crippen LogP contribution < -0.4 is 18.9 Å². The third-order valence-electron chi connectivity index (χ3n) is 3.00. The van der Waals surface area contributed by atoms with Crippen LogP contribution >= 0.6 is 0 Å². The Morgan fingerprint density at radius 1 is 0.526 bits per heavy atom. The molecule has 0 saturated carbocycles. The van der Waals surface area contributed by atoms with E-state index in [0.717, 1.165) is 0 Å². The molecule has 0 atom stereocenters. The van der Waals surface area contributed by atoms with E-state index >= 15 is 0 Å². The molecule has 86 valence electrons. The molecule has 0 unspecified atom stereocenters. The van der Waals surface area contributed by atoms with Crippen LogP contribution in [0.3, 0.4) is 0 Å². The van der Waals surface area contributed by atoms with Crippen molar-refractivity contribution in [1.82, 2.24) is 0 Å². The van der Waals surface area contributed by atoms with Crippen LogP contribution in [0.15, 0.2) is 78.9 Å². The van der Waals surface area contributed by atoms with Crippen LogP contribution in [0, 0.1) is 6.07 Å². The minimum atomic E-state index is 0. The molecule has 0 amide bonds. The Morgan fingerprint density at radius 3 is 1.37 bits per heavy atom. The van der Waals surface area contributed by atoms with Crippen molar-refractivity contribution in [3.63, 3.8) is 0 Å².